The highest BCUT2D eigenvalue weighted by Crippen LogP contribution is 2.38. The maximum Gasteiger partial charge on any atom is 0.335 e. The molecule has 0 aliphatic heterocycles. The molecule has 26 heavy (non-hydrogen) atoms. The molecule has 1 saturated carbocycles. The number of carbonyl (C=O) groups is 3. The Morgan fingerprint density at radius 1 is 1.04 bits per heavy atom. The molecule has 0 heterocycles. The minimum Gasteiger partial charge on any atom is -0.478 e. The predicted molar refractivity (Wildman–Crippen MR) is 98.4 cm³/mol. The van der Waals surface area contributed by atoms with E-state index in [-0.39, 0.29) is 23.3 Å². The Kier molecular flexibility index (Phi) is 4.75. The van der Waals surface area contributed by atoms with Gasteiger partial charge in [0, 0.05) is 22.9 Å². The van der Waals surface area contributed by atoms with Crippen LogP contribution in [0, 0.1) is 18.8 Å². The fourth-order valence-electron chi connectivity index (χ4n) is 2.74. The molecule has 1 aliphatic carbocycles. The molecule has 2 aromatic carbocycles. The van der Waals surface area contributed by atoms with E-state index in [4.69, 9.17) is 5.11 Å². The van der Waals surface area contributed by atoms with Gasteiger partial charge in [-0.2, -0.15) is 0 Å². The minimum atomic E-state index is -1.06. The molecule has 6 heteroatoms. The lowest BCUT2D eigenvalue weighted by atomic mass is 10.1. The highest BCUT2D eigenvalue weighted by atomic mass is 16.4. The van der Waals surface area contributed by atoms with Crippen LogP contribution in [0.15, 0.2) is 42.5 Å². The molecule has 0 aromatic heterocycles. The summed E-state index contributed by atoms with van der Waals surface area (Å²) >= 11 is 0. The van der Waals surface area contributed by atoms with Gasteiger partial charge in [-0.25, -0.2) is 4.79 Å². The monoisotopic (exact) mass is 352 g/mol. The van der Waals surface area contributed by atoms with E-state index in [0.717, 1.165) is 12.0 Å². The highest BCUT2D eigenvalue weighted by Gasteiger charge is 2.39. The van der Waals surface area contributed by atoms with Gasteiger partial charge in [-0.3, -0.25) is 9.59 Å². The van der Waals surface area contributed by atoms with Crippen LogP contribution >= 0.6 is 0 Å². The number of rotatable bonds is 5. The first-order valence-corrected chi connectivity index (χ1v) is 8.41. The molecule has 2 atom stereocenters. The average molecular weight is 352 g/mol. The summed E-state index contributed by atoms with van der Waals surface area (Å²) in [6.07, 6.45) is 0.894. The lowest BCUT2D eigenvalue weighted by Crippen LogP contribution is -2.16. The first-order valence-electron chi connectivity index (χ1n) is 8.41. The molecule has 0 spiro atoms. The summed E-state index contributed by atoms with van der Waals surface area (Å²) in [5.74, 6) is -0.994. The lowest BCUT2D eigenvalue weighted by Gasteiger charge is -2.11. The van der Waals surface area contributed by atoms with Crippen LogP contribution in [-0.2, 0) is 4.79 Å². The van der Waals surface area contributed by atoms with Gasteiger partial charge in [0.15, 0.2) is 0 Å². The number of carboxylic acid groups (broad SMARTS) is 1. The number of carbonyl (C=O) groups excluding carboxylic acids is 2. The first kappa shape index (κ1) is 17.7. The van der Waals surface area contributed by atoms with Gasteiger partial charge in [0.25, 0.3) is 5.91 Å². The van der Waals surface area contributed by atoms with Crippen molar-refractivity contribution in [3.8, 4) is 0 Å². The van der Waals surface area contributed by atoms with Crippen molar-refractivity contribution in [2.75, 3.05) is 10.6 Å². The van der Waals surface area contributed by atoms with Crippen molar-refractivity contribution in [1.82, 2.24) is 0 Å². The molecule has 2 amide bonds. The van der Waals surface area contributed by atoms with Crippen LogP contribution in [-0.4, -0.2) is 22.9 Å². The SMILES string of the molecule is Cc1ccc(C(=O)O)cc1NC(=O)c1cccc(NC(=O)C2CC2C)c1. The van der Waals surface area contributed by atoms with Gasteiger partial charge in [-0.05, 0) is 55.2 Å². The zero-order valence-electron chi connectivity index (χ0n) is 14.6. The maximum atomic E-state index is 12.5. The van der Waals surface area contributed by atoms with E-state index in [9.17, 15) is 14.4 Å². The molecule has 2 unspecified atom stereocenters. The summed E-state index contributed by atoms with van der Waals surface area (Å²) < 4.78 is 0. The number of anilines is 2. The van der Waals surface area contributed by atoms with Gasteiger partial charge in [0.05, 0.1) is 5.56 Å². The number of aryl methyl sites for hydroxylation is 1. The third kappa shape index (κ3) is 3.91. The molecule has 0 bridgehead atoms. The summed E-state index contributed by atoms with van der Waals surface area (Å²) in [5, 5.41) is 14.6. The Balaban J connectivity index is 1.74. The topological polar surface area (TPSA) is 95.5 Å². The highest BCUT2D eigenvalue weighted by molar-refractivity contribution is 6.06. The summed E-state index contributed by atoms with van der Waals surface area (Å²) in [6, 6.07) is 11.2. The number of aromatic carboxylic acids is 1. The van der Waals surface area contributed by atoms with Crippen LogP contribution in [0.3, 0.4) is 0 Å². The number of benzene rings is 2. The molecular formula is C20H20N2O4. The van der Waals surface area contributed by atoms with Crippen molar-refractivity contribution in [2.45, 2.75) is 20.3 Å². The average Bonchev–Trinajstić information content (AvgIpc) is 3.34. The Labute approximate surface area is 151 Å². The largest absolute Gasteiger partial charge is 0.478 e. The zero-order chi connectivity index (χ0) is 18.8. The van der Waals surface area contributed by atoms with Gasteiger partial charge in [-0.1, -0.05) is 19.1 Å². The van der Waals surface area contributed by atoms with E-state index in [1.54, 1.807) is 37.3 Å². The predicted octanol–water partition coefficient (Wildman–Crippen LogP) is 3.54. The molecule has 0 saturated heterocycles. The normalized spacial score (nSPS) is 18.1. The Bertz CT molecular complexity index is 891. The number of amides is 2. The van der Waals surface area contributed by atoms with Gasteiger partial charge in [-0.15, -0.1) is 0 Å². The maximum absolute atomic E-state index is 12.5. The summed E-state index contributed by atoms with van der Waals surface area (Å²) in [5.41, 5.74) is 2.25. The van der Waals surface area contributed by atoms with Gasteiger partial charge in [0.1, 0.15) is 0 Å². The quantitative estimate of drug-likeness (QED) is 0.767. The standard InChI is InChI=1S/C20H20N2O4/c1-11-6-7-14(20(25)26)10-17(11)22-18(23)13-4-3-5-15(9-13)21-19(24)16-8-12(16)2/h3-7,9-10,12,16H,8H2,1-2H3,(H,21,24)(H,22,23)(H,25,26). The van der Waals surface area contributed by atoms with Crippen LogP contribution in [0.5, 0.6) is 0 Å². The zero-order valence-corrected chi connectivity index (χ0v) is 14.6. The Morgan fingerprint density at radius 3 is 2.42 bits per heavy atom. The van der Waals surface area contributed by atoms with E-state index in [0.29, 0.717) is 22.9 Å². The molecule has 134 valence electrons. The number of hydrogen-bond acceptors (Lipinski definition) is 3. The molecule has 6 nitrogen and oxygen atoms in total. The molecule has 1 aliphatic rings. The second-order valence-corrected chi connectivity index (χ2v) is 6.68. The van der Waals surface area contributed by atoms with E-state index < -0.39 is 5.97 Å². The molecule has 3 rings (SSSR count). The van der Waals surface area contributed by atoms with Crippen molar-refractivity contribution in [3.05, 3.63) is 59.2 Å². The number of carboxylic acids is 1. The Hall–Kier alpha value is -3.15. The number of hydrogen-bond donors (Lipinski definition) is 3. The molecule has 3 N–H and O–H groups in total. The van der Waals surface area contributed by atoms with Crippen LogP contribution in [0.4, 0.5) is 11.4 Å². The van der Waals surface area contributed by atoms with Crippen molar-refractivity contribution >= 4 is 29.2 Å². The molecule has 2 aromatic rings. The third-order valence-electron chi connectivity index (χ3n) is 4.57. The summed E-state index contributed by atoms with van der Waals surface area (Å²) in [6.45, 7) is 3.82. The molecule has 0 radical (unpaired) electrons. The van der Waals surface area contributed by atoms with Gasteiger partial charge in [0.2, 0.25) is 5.91 Å². The van der Waals surface area contributed by atoms with E-state index >= 15 is 0 Å². The lowest BCUT2D eigenvalue weighted by molar-refractivity contribution is -0.117. The van der Waals surface area contributed by atoms with E-state index in [2.05, 4.69) is 10.6 Å². The second-order valence-electron chi connectivity index (χ2n) is 6.68. The fourth-order valence-corrected chi connectivity index (χ4v) is 2.74. The van der Waals surface area contributed by atoms with Crippen molar-refractivity contribution in [2.24, 2.45) is 11.8 Å². The third-order valence-corrected chi connectivity index (χ3v) is 4.57. The Morgan fingerprint density at radius 2 is 1.77 bits per heavy atom. The van der Waals surface area contributed by atoms with Crippen molar-refractivity contribution in [3.63, 3.8) is 0 Å². The van der Waals surface area contributed by atoms with Crippen LogP contribution < -0.4 is 10.6 Å². The molecule has 1 fully saturated rings. The first-order chi connectivity index (χ1) is 12.3. The smallest absolute Gasteiger partial charge is 0.335 e. The second kappa shape index (κ2) is 7.00. The van der Waals surface area contributed by atoms with Gasteiger partial charge >= 0.3 is 5.97 Å². The van der Waals surface area contributed by atoms with Crippen molar-refractivity contribution < 1.29 is 19.5 Å². The van der Waals surface area contributed by atoms with Crippen LogP contribution in [0.25, 0.3) is 0 Å². The number of nitrogens with one attached hydrogen (secondary N) is 2. The summed E-state index contributed by atoms with van der Waals surface area (Å²) in [7, 11) is 0. The molecular weight excluding hydrogens is 332 g/mol. The van der Waals surface area contributed by atoms with Crippen molar-refractivity contribution in [1.29, 1.82) is 0 Å². The fraction of sp³-hybridized carbons (Fsp3) is 0.250. The van der Waals surface area contributed by atoms with E-state index in [1.165, 1.54) is 12.1 Å². The minimum absolute atomic E-state index is 0.0277. The summed E-state index contributed by atoms with van der Waals surface area (Å²) in [4.78, 5) is 35.6. The van der Waals surface area contributed by atoms with Crippen LogP contribution in [0.2, 0.25) is 0 Å². The van der Waals surface area contributed by atoms with E-state index in [1.807, 2.05) is 6.92 Å². The van der Waals surface area contributed by atoms with Crippen LogP contribution in [0.1, 0.15) is 39.6 Å². The van der Waals surface area contributed by atoms with Gasteiger partial charge < -0.3 is 15.7 Å².